The minimum absolute atomic E-state index is 0.209. The fourth-order valence-electron chi connectivity index (χ4n) is 4.17. The standard InChI is InChI=1S/C18H32O4/c1-3-5-7-11-15-14(16(19)20)10-9-13-18(15,17(21)22)12-8-6-4-2/h14-15H,3-13H2,1-2H3,(H,19,20)(H,21,22). The van der Waals surface area contributed by atoms with Crippen molar-refractivity contribution in [2.75, 3.05) is 0 Å². The molecule has 0 amide bonds. The van der Waals surface area contributed by atoms with Gasteiger partial charge in [0, 0.05) is 0 Å². The molecule has 0 aromatic heterocycles. The maximum absolute atomic E-state index is 12.1. The Morgan fingerprint density at radius 2 is 1.68 bits per heavy atom. The number of hydrogen-bond acceptors (Lipinski definition) is 2. The normalized spacial score (nSPS) is 28.5. The third kappa shape index (κ3) is 4.47. The van der Waals surface area contributed by atoms with Crippen LogP contribution in [0.5, 0.6) is 0 Å². The van der Waals surface area contributed by atoms with Gasteiger partial charge >= 0.3 is 11.9 Å². The predicted octanol–water partition coefficient (Wildman–Crippen LogP) is 4.72. The van der Waals surface area contributed by atoms with Crippen molar-refractivity contribution in [2.24, 2.45) is 17.3 Å². The van der Waals surface area contributed by atoms with E-state index in [0.717, 1.165) is 51.4 Å². The van der Waals surface area contributed by atoms with Gasteiger partial charge in [0.15, 0.2) is 0 Å². The lowest BCUT2D eigenvalue weighted by Crippen LogP contribution is -2.47. The van der Waals surface area contributed by atoms with Crippen molar-refractivity contribution in [3.63, 3.8) is 0 Å². The van der Waals surface area contributed by atoms with Gasteiger partial charge in [0.2, 0.25) is 0 Å². The van der Waals surface area contributed by atoms with Crippen LogP contribution in [0.25, 0.3) is 0 Å². The lowest BCUT2D eigenvalue weighted by atomic mass is 9.58. The van der Waals surface area contributed by atoms with E-state index < -0.39 is 23.3 Å². The predicted molar refractivity (Wildman–Crippen MR) is 86.8 cm³/mol. The third-order valence-electron chi connectivity index (χ3n) is 5.42. The molecule has 22 heavy (non-hydrogen) atoms. The fraction of sp³-hybridized carbons (Fsp3) is 0.889. The Balaban J connectivity index is 2.98. The molecule has 4 nitrogen and oxygen atoms in total. The largest absolute Gasteiger partial charge is 0.481 e. The van der Waals surface area contributed by atoms with Crippen LogP contribution in [0.15, 0.2) is 0 Å². The van der Waals surface area contributed by atoms with Crippen LogP contribution in [0.2, 0.25) is 0 Å². The molecular weight excluding hydrogens is 280 g/mol. The van der Waals surface area contributed by atoms with Crippen LogP contribution in [-0.2, 0) is 9.59 Å². The Morgan fingerprint density at radius 1 is 1.05 bits per heavy atom. The summed E-state index contributed by atoms with van der Waals surface area (Å²) in [6.07, 6.45) is 9.40. The maximum atomic E-state index is 12.1. The van der Waals surface area contributed by atoms with Gasteiger partial charge in [-0.25, -0.2) is 0 Å². The molecule has 2 N–H and O–H groups in total. The second kappa shape index (κ2) is 9.16. The fourth-order valence-corrected chi connectivity index (χ4v) is 4.17. The highest BCUT2D eigenvalue weighted by Gasteiger charge is 2.51. The summed E-state index contributed by atoms with van der Waals surface area (Å²) in [5, 5.41) is 19.5. The molecule has 0 radical (unpaired) electrons. The lowest BCUT2D eigenvalue weighted by Gasteiger charge is -2.44. The summed E-state index contributed by atoms with van der Waals surface area (Å²) in [5.41, 5.74) is -0.815. The number of rotatable bonds is 10. The number of unbranched alkanes of at least 4 members (excludes halogenated alkanes) is 4. The topological polar surface area (TPSA) is 74.6 Å². The van der Waals surface area contributed by atoms with Crippen LogP contribution < -0.4 is 0 Å². The van der Waals surface area contributed by atoms with Crippen molar-refractivity contribution in [1.29, 1.82) is 0 Å². The molecule has 1 saturated carbocycles. The molecule has 1 rings (SSSR count). The molecule has 1 aliphatic rings. The first-order valence-corrected chi connectivity index (χ1v) is 8.95. The van der Waals surface area contributed by atoms with Crippen LogP contribution >= 0.6 is 0 Å². The third-order valence-corrected chi connectivity index (χ3v) is 5.42. The number of carbonyl (C=O) groups is 2. The van der Waals surface area contributed by atoms with Crippen LogP contribution in [-0.4, -0.2) is 22.2 Å². The molecule has 128 valence electrons. The minimum Gasteiger partial charge on any atom is -0.481 e. The molecule has 0 aromatic carbocycles. The monoisotopic (exact) mass is 312 g/mol. The number of carboxylic acids is 2. The van der Waals surface area contributed by atoms with Gasteiger partial charge in [-0.1, -0.05) is 58.8 Å². The Bertz CT molecular complexity index is 366. The first-order chi connectivity index (χ1) is 10.5. The molecule has 0 saturated heterocycles. The van der Waals surface area contributed by atoms with Gasteiger partial charge in [0.1, 0.15) is 0 Å². The average Bonchev–Trinajstić information content (AvgIpc) is 2.48. The van der Waals surface area contributed by atoms with E-state index in [-0.39, 0.29) is 5.92 Å². The van der Waals surface area contributed by atoms with E-state index in [2.05, 4.69) is 13.8 Å². The molecule has 3 atom stereocenters. The van der Waals surface area contributed by atoms with Gasteiger partial charge in [-0.15, -0.1) is 0 Å². The van der Waals surface area contributed by atoms with Gasteiger partial charge in [-0.2, -0.15) is 0 Å². The molecule has 0 heterocycles. The second-order valence-corrected chi connectivity index (χ2v) is 6.86. The highest BCUT2D eigenvalue weighted by molar-refractivity contribution is 5.78. The average molecular weight is 312 g/mol. The highest BCUT2D eigenvalue weighted by Crippen LogP contribution is 2.50. The first-order valence-electron chi connectivity index (χ1n) is 8.95. The Labute approximate surface area is 134 Å². The van der Waals surface area contributed by atoms with Gasteiger partial charge < -0.3 is 10.2 Å². The number of hydrogen-bond donors (Lipinski definition) is 2. The van der Waals surface area contributed by atoms with Crippen LogP contribution in [0.1, 0.15) is 84.5 Å². The molecule has 0 aromatic rings. The van der Waals surface area contributed by atoms with Gasteiger partial charge in [-0.05, 0) is 31.6 Å². The molecule has 0 aliphatic heterocycles. The van der Waals surface area contributed by atoms with Crippen LogP contribution in [0.3, 0.4) is 0 Å². The van der Waals surface area contributed by atoms with E-state index in [1.54, 1.807) is 0 Å². The minimum atomic E-state index is -0.815. The molecule has 3 unspecified atom stereocenters. The maximum Gasteiger partial charge on any atom is 0.309 e. The Morgan fingerprint density at radius 3 is 2.23 bits per heavy atom. The van der Waals surface area contributed by atoms with E-state index in [9.17, 15) is 19.8 Å². The summed E-state index contributed by atoms with van der Waals surface area (Å²) in [6, 6.07) is 0. The van der Waals surface area contributed by atoms with E-state index in [4.69, 9.17) is 0 Å². The van der Waals surface area contributed by atoms with Gasteiger partial charge in [0.05, 0.1) is 11.3 Å². The Hall–Kier alpha value is -1.06. The van der Waals surface area contributed by atoms with Crippen LogP contribution in [0.4, 0.5) is 0 Å². The van der Waals surface area contributed by atoms with Crippen molar-refractivity contribution in [3.05, 3.63) is 0 Å². The van der Waals surface area contributed by atoms with Gasteiger partial charge in [-0.3, -0.25) is 9.59 Å². The molecule has 1 fully saturated rings. The van der Waals surface area contributed by atoms with Crippen molar-refractivity contribution in [1.82, 2.24) is 0 Å². The van der Waals surface area contributed by atoms with Crippen LogP contribution in [0, 0.1) is 17.3 Å². The second-order valence-electron chi connectivity index (χ2n) is 6.86. The molecule has 1 aliphatic carbocycles. The van der Waals surface area contributed by atoms with E-state index in [0.29, 0.717) is 19.3 Å². The van der Waals surface area contributed by atoms with Gasteiger partial charge in [0.25, 0.3) is 0 Å². The summed E-state index contributed by atoms with van der Waals surface area (Å²) in [6.45, 7) is 4.22. The summed E-state index contributed by atoms with van der Waals surface area (Å²) in [7, 11) is 0. The molecule has 0 bridgehead atoms. The quantitative estimate of drug-likeness (QED) is 0.572. The molecule has 0 spiro atoms. The van der Waals surface area contributed by atoms with E-state index >= 15 is 0 Å². The number of carboxylic acid groups (broad SMARTS) is 2. The zero-order chi connectivity index (χ0) is 16.6. The summed E-state index contributed by atoms with van der Waals surface area (Å²) in [4.78, 5) is 23.7. The van der Waals surface area contributed by atoms with Crippen molar-refractivity contribution < 1.29 is 19.8 Å². The molecule has 4 heteroatoms. The van der Waals surface area contributed by atoms with E-state index in [1.807, 2.05) is 0 Å². The first kappa shape index (κ1) is 19.0. The number of aliphatic carboxylic acids is 2. The lowest BCUT2D eigenvalue weighted by molar-refractivity contribution is -0.164. The highest BCUT2D eigenvalue weighted by atomic mass is 16.4. The summed E-state index contributed by atoms with van der Waals surface area (Å²) < 4.78 is 0. The van der Waals surface area contributed by atoms with Crippen molar-refractivity contribution in [2.45, 2.75) is 84.5 Å². The smallest absolute Gasteiger partial charge is 0.309 e. The summed E-state index contributed by atoms with van der Waals surface area (Å²) >= 11 is 0. The Kier molecular flexibility index (Phi) is 7.91. The van der Waals surface area contributed by atoms with Crippen molar-refractivity contribution >= 4 is 11.9 Å². The van der Waals surface area contributed by atoms with Crippen molar-refractivity contribution in [3.8, 4) is 0 Å². The molecular formula is C18H32O4. The van der Waals surface area contributed by atoms with E-state index in [1.165, 1.54) is 0 Å². The zero-order valence-corrected chi connectivity index (χ0v) is 14.1. The zero-order valence-electron chi connectivity index (χ0n) is 14.1. The summed E-state index contributed by atoms with van der Waals surface area (Å²) in [5.74, 6) is -2.26. The SMILES string of the molecule is CCCCCC1C(C(=O)O)CCCC1(CCCCC)C(=O)O.